The van der Waals surface area contributed by atoms with Crippen molar-refractivity contribution in [1.82, 2.24) is 0 Å². The van der Waals surface area contributed by atoms with Crippen LogP contribution in [-0.4, -0.2) is 23.5 Å². The largest absolute Gasteiger partial charge is 0.372 e. The Kier molecular flexibility index (Phi) is 6.78. The lowest BCUT2D eigenvalue weighted by molar-refractivity contribution is 0.275. The van der Waals surface area contributed by atoms with E-state index in [0.717, 1.165) is 38.2 Å². The Bertz CT molecular complexity index is 256. The number of rotatable bonds is 7. The summed E-state index contributed by atoms with van der Waals surface area (Å²) >= 11 is 0. The Balaban J connectivity index is 3.63. The molecule has 0 fully saturated rings. The van der Waals surface area contributed by atoms with Crippen LogP contribution in [0.2, 0.25) is 0 Å². The molecule has 0 aliphatic heterocycles. The molecule has 14 heavy (non-hydrogen) atoms. The van der Waals surface area contributed by atoms with Gasteiger partial charge in [0, 0.05) is 0 Å². The maximum atomic E-state index is 10.4. The van der Waals surface area contributed by atoms with Crippen LogP contribution in [0.5, 0.6) is 0 Å². The van der Waals surface area contributed by atoms with E-state index in [1.54, 1.807) is 6.08 Å². The Morgan fingerprint density at radius 1 is 1.29 bits per heavy atom. The van der Waals surface area contributed by atoms with Crippen molar-refractivity contribution in [3.63, 3.8) is 0 Å². The average Bonchev–Trinajstić information content (AvgIpc) is 2.09. The fraction of sp³-hybridized carbons (Fsp3) is 0.778. The van der Waals surface area contributed by atoms with Crippen LogP contribution in [0.1, 0.15) is 39.0 Å². The van der Waals surface area contributed by atoms with Crippen LogP contribution in [0.25, 0.3) is 0 Å². The first-order chi connectivity index (χ1) is 6.48. The minimum Gasteiger partial charge on any atom is -0.372 e. The van der Waals surface area contributed by atoms with E-state index in [9.17, 15) is 8.42 Å². The average molecular weight is 222 g/mol. The summed E-state index contributed by atoms with van der Waals surface area (Å²) < 4.78 is 29.1. The summed E-state index contributed by atoms with van der Waals surface area (Å²) in [6.07, 6.45) is 7.79. The zero-order valence-corrected chi connectivity index (χ0v) is 9.20. The van der Waals surface area contributed by atoms with E-state index in [0.29, 0.717) is 0 Å². The molecule has 0 radical (unpaired) electrons. The number of hydrogen-bond acceptors (Lipinski definition) is 3. The van der Waals surface area contributed by atoms with Crippen molar-refractivity contribution in [2.75, 3.05) is 0 Å². The molecular formula is C9H18O4S. The molecule has 0 aliphatic carbocycles. The third-order valence-corrected chi connectivity index (χ3v) is 2.60. The number of unbranched alkanes of at least 4 members (excludes halogenated alkanes) is 4. The fourth-order valence-corrected chi connectivity index (χ4v) is 1.31. The van der Waals surface area contributed by atoms with E-state index in [1.165, 1.54) is 0 Å². The molecule has 2 N–H and O–H groups in total. The molecule has 0 saturated carbocycles. The third kappa shape index (κ3) is 7.06. The van der Waals surface area contributed by atoms with Crippen LogP contribution in [0.4, 0.5) is 0 Å². The van der Waals surface area contributed by atoms with Gasteiger partial charge in [0.25, 0.3) is 10.1 Å². The van der Waals surface area contributed by atoms with Crippen LogP contribution in [-0.2, 0) is 10.1 Å². The molecule has 0 spiro atoms. The van der Waals surface area contributed by atoms with Crippen molar-refractivity contribution in [1.29, 1.82) is 0 Å². The van der Waals surface area contributed by atoms with Crippen molar-refractivity contribution in [3.8, 4) is 0 Å². The minimum atomic E-state index is -4.33. The van der Waals surface area contributed by atoms with Crippen LogP contribution < -0.4 is 0 Å². The summed E-state index contributed by atoms with van der Waals surface area (Å²) in [6.45, 7) is 2.11. The summed E-state index contributed by atoms with van der Waals surface area (Å²) in [4.78, 5) is 0. The summed E-state index contributed by atoms with van der Waals surface area (Å²) in [6, 6.07) is 0. The van der Waals surface area contributed by atoms with E-state index >= 15 is 0 Å². The minimum absolute atomic E-state index is 0.729. The Morgan fingerprint density at radius 3 is 2.43 bits per heavy atom. The molecule has 0 amide bonds. The number of aliphatic hydroxyl groups is 1. The van der Waals surface area contributed by atoms with Crippen molar-refractivity contribution in [2.45, 2.75) is 44.5 Å². The number of hydrogen-bond donors (Lipinski definition) is 2. The van der Waals surface area contributed by atoms with Crippen molar-refractivity contribution >= 4 is 10.1 Å². The number of allylic oxidation sites excluding steroid dienone is 1. The first-order valence-corrected chi connectivity index (χ1v) is 6.30. The monoisotopic (exact) mass is 222 g/mol. The molecule has 1 atom stereocenters. The van der Waals surface area contributed by atoms with Gasteiger partial charge in [0.2, 0.25) is 0 Å². The van der Waals surface area contributed by atoms with Gasteiger partial charge in [0.1, 0.15) is 0 Å². The van der Waals surface area contributed by atoms with Gasteiger partial charge in [-0.25, -0.2) is 0 Å². The highest BCUT2D eigenvalue weighted by atomic mass is 32.2. The SMILES string of the molecule is CCCCCC/C=C/C(O)S(=O)(=O)O. The van der Waals surface area contributed by atoms with Gasteiger partial charge >= 0.3 is 0 Å². The van der Waals surface area contributed by atoms with Gasteiger partial charge in [-0.05, 0) is 18.9 Å². The lowest BCUT2D eigenvalue weighted by Gasteiger charge is -1.99. The van der Waals surface area contributed by atoms with E-state index in [1.807, 2.05) is 0 Å². The summed E-state index contributed by atoms with van der Waals surface area (Å²) in [5.74, 6) is 0. The highest BCUT2D eigenvalue weighted by molar-refractivity contribution is 7.86. The second kappa shape index (κ2) is 6.98. The van der Waals surface area contributed by atoms with Gasteiger partial charge in [-0.15, -0.1) is 0 Å². The summed E-state index contributed by atoms with van der Waals surface area (Å²) in [7, 11) is -4.33. The summed E-state index contributed by atoms with van der Waals surface area (Å²) in [5.41, 5.74) is -1.78. The second-order valence-corrected chi connectivity index (χ2v) is 4.70. The molecule has 5 heteroatoms. The molecule has 0 heterocycles. The molecule has 0 saturated heterocycles. The molecule has 0 aromatic heterocycles. The van der Waals surface area contributed by atoms with Gasteiger partial charge in [-0.2, -0.15) is 8.42 Å². The molecule has 0 bridgehead atoms. The van der Waals surface area contributed by atoms with Crippen molar-refractivity contribution in [3.05, 3.63) is 12.2 Å². The molecule has 1 unspecified atom stereocenters. The molecule has 0 rings (SSSR count). The molecular weight excluding hydrogens is 204 g/mol. The fourth-order valence-electron chi connectivity index (χ4n) is 1.00. The van der Waals surface area contributed by atoms with E-state index < -0.39 is 15.6 Å². The van der Waals surface area contributed by atoms with E-state index in [-0.39, 0.29) is 0 Å². The maximum absolute atomic E-state index is 10.4. The van der Waals surface area contributed by atoms with Gasteiger partial charge in [-0.3, -0.25) is 4.55 Å². The van der Waals surface area contributed by atoms with Gasteiger partial charge in [0.15, 0.2) is 5.44 Å². The first-order valence-electron chi connectivity index (χ1n) is 4.79. The molecule has 0 aromatic rings. The predicted molar refractivity (Wildman–Crippen MR) is 55.5 cm³/mol. The van der Waals surface area contributed by atoms with Crippen LogP contribution in [0, 0.1) is 0 Å². The van der Waals surface area contributed by atoms with Crippen molar-refractivity contribution < 1.29 is 18.1 Å². The quantitative estimate of drug-likeness (QED) is 0.391. The predicted octanol–water partition coefficient (Wildman–Crippen LogP) is 1.72. The normalized spacial score (nSPS) is 14.8. The van der Waals surface area contributed by atoms with Crippen LogP contribution >= 0.6 is 0 Å². The Morgan fingerprint density at radius 2 is 1.93 bits per heavy atom. The number of aliphatic hydroxyl groups excluding tert-OH is 1. The standard InChI is InChI=1S/C9H18O4S/c1-2-3-4-5-6-7-8-9(10)14(11,12)13/h7-10H,2-6H2,1H3,(H,11,12,13)/b8-7+. The Hall–Kier alpha value is -0.390. The third-order valence-electron chi connectivity index (χ3n) is 1.83. The second-order valence-electron chi connectivity index (χ2n) is 3.18. The zero-order valence-electron chi connectivity index (χ0n) is 8.39. The lowest BCUT2D eigenvalue weighted by atomic mass is 10.1. The molecule has 84 valence electrons. The topological polar surface area (TPSA) is 74.6 Å². The summed E-state index contributed by atoms with van der Waals surface area (Å²) in [5, 5.41) is 8.86. The molecule has 4 nitrogen and oxygen atoms in total. The van der Waals surface area contributed by atoms with Crippen LogP contribution in [0.3, 0.4) is 0 Å². The van der Waals surface area contributed by atoms with E-state index in [4.69, 9.17) is 9.66 Å². The van der Waals surface area contributed by atoms with Crippen molar-refractivity contribution in [2.24, 2.45) is 0 Å². The Labute approximate surface area is 85.4 Å². The van der Waals surface area contributed by atoms with Crippen LogP contribution in [0.15, 0.2) is 12.2 Å². The molecule has 0 aromatic carbocycles. The van der Waals surface area contributed by atoms with Gasteiger partial charge in [0.05, 0.1) is 0 Å². The smallest absolute Gasteiger partial charge is 0.295 e. The molecule has 0 aliphatic rings. The zero-order chi connectivity index (χ0) is 11.0. The lowest BCUT2D eigenvalue weighted by Crippen LogP contribution is -2.16. The maximum Gasteiger partial charge on any atom is 0.295 e. The highest BCUT2D eigenvalue weighted by Gasteiger charge is 2.14. The van der Waals surface area contributed by atoms with E-state index in [2.05, 4.69) is 6.92 Å². The first kappa shape index (κ1) is 13.6. The van der Waals surface area contributed by atoms with Gasteiger partial charge < -0.3 is 5.11 Å². The van der Waals surface area contributed by atoms with Gasteiger partial charge in [-0.1, -0.05) is 32.3 Å². The highest BCUT2D eigenvalue weighted by Crippen LogP contribution is 2.04.